The van der Waals surface area contributed by atoms with Gasteiger partial charge in [-0.1, -0.05) is 62.4 Å². The molecule has 37 heavy (non-hydrogen) atoms. The molecular weight excluding hydrogens is 466 g/mol. The van der Waals surface area contributed by atoms with E-state index in [0.717, 1.165) is 16.2 Å². The highest BCUT2D eigenvalue weighted by molar-refractivity contribution is 6.18. The zero-order valence-electron chi connectivity index (χ0n) is 20.4. The van der Waals surface area contributed by atoms with E-state index in [0.29, 0.717) is 41.0 Å². The number of allylic oxidation sites excluding steroid dienone is 1. The number of ketones is 1. The maximum Gasteiger partial charge on any atom is 0.347 e. The van der Waals surface area contributed by atoms with Gasteiger partial charge in [-0.2, -0.15) is 0 Å². The molecule has 1 aromatic heterocycles. The minimum atomic E-state index is -1.38. The molecule has 2 aliphatic heterocycles. The number of carbonyl (C=O) groups excluding carboxylic acids is 2. The lowest BCUT2D eigenvalue weighted by Gasteiger charge is -2.40. The maximum atomic E-state index is 13.7. The van der Waals surface area contributed by atoms with Crippen LogP contribution < -0.4 is 10.9 Å². The SMILES string of the molecule is CC1(C)CC(=O)C2=C(C1)OC(c1cc3c(ccc4ccccc43)oc1=O)=CC21C(=O)Nc2ccccc21. The largest absolute Gasteiger partial charge is 0.461 e. The number of hydrogen-bond donors (Lipinski definition) is 1. The van der Waals surface area contributed by atoms with Gasteiger partial charge in [0, 0.05) is 23.9 Å². The van der Waals surface area contributed by atoms with E-state index in [4.69, 9.17) is 9.15 Å². The molecule has 1 N–H and O–H groups in total. The fraction of sp³-hybridized carbons (Fsp3) is 0.194. The van der Waals surface area contributed by atoms with Crippen LogP contribution in [0.5, 0.6) is 0 Å². The standard InChI is InChI=1S/C31H23NO5/c1-30(2)14-23(33)27-26(15-30)36-25(16-31(27)21-9-5-6-10-22(21)32-29(31)35)20-13-19-18-8-4-3-7-17(18)11-12-24(19)37-28(20)34/h3-13,16H,14-15H2,1-2H3,(H,32,35). The zero-order valence-corrected chi connectivity index (χ0v) is 20.4. The molecule has 3 heterocycles. The average molecular weight is 490 g/mol. The van der Waals surface area contributed by atoms with Crippen LogP contribution in [0.15, 0.2) is 93.4 Å². The topological polar surface area (TPSA) is 85.6 Å². The number of ether oxygens (including phenoxy) is 1. The Kier molecular flexibility index (Phi) is 4.30. The second kappa shape index (κ2) is 7.29. The first-order valence-corrected chi connectivity index (χ1v) is 12.3. The first-order chi connectivity index (χ1) is 17.8. The molecule has 1 spiro atoms. The zero-order chi connectivity index (χ0) is 25.5. The van der Waals surface area contributed by atoms with Crippen molar-refractivity contribution in [2.75, 3.05) is 5.32 Å². The van der Waals surface area contributed by atoms with E-state index < -0.39 is 11.0 Å². The third-order valence-electron chi connectivity index (χ3n) is 7.68. The summed E-state index contributed by atoms with van der Waals surface area (Å²) < 4.78 is 12.1. The van der Waals surface area contributed by atoms with Gasteiger partial charge in [-0.3, -0.25) is 9.59 Å². The van der Waals surface area contributed by atoms with Crippen molar-refractivity contribution in [1.82, 2.24) is 0 Å². The molecule has 4 aromatic rings. The molecule has 7 rings (SSSR count). The highest BCUT2D eigenvalue weighted by atomic mass is 16.5. The molecular formula is C31H23NO5. The van der Waals surface area contributed by atoms with Crippen LogP contribution in [0.2, 0.25) is 0 Å². The smallest absolute Gasteiger partial charge is 0.347 e. The van der Waals surface area contributed by atoms with E-state index in [2.05, 4.69) is 5.32 Å². The number of anilines is 1. The van der Waals surface area contributed by atoms with Crippen molar-refractivity contribution in [3.63, 3.8) is 0 Å². The minimum absolute atomic E-state index is 0.120. The van der Waals surface area contributed by atoms with Crippen molar-refractivity contribution in [1.29, 1.82) is 0 Å². The van der Waals surface area contributed by atoms with Gasteiger partial charge < -0.3 is 14.5 Å². The number of benzene rings is 3. The van der Waals surface area contributed by atoms with Crippen molar-refractivity contribution in [3.8, 4) is 0 Å². The van der Waals surface area contributed by atoms with Crippen LogP contribution >= 0.6 is 0 Å². The molecule has 0 fully saturated rings. The number of hydrogen-bond acceptors (Lipinski definition) is 5. The van der Waals surface area contributed by atoms with E-state index in [1.54, 1.807) is 18.2 Å². The lowest BCUT2D eigenvalue weighted by molar-refractivity contribution is -0.124. The van der Waals surface area contributed by atoms with Gasteiger partial charge in [0.05, 0.1) is 5.57 Å². The van der Waals surface area contributed by atoms with Crippen molar-refractivity contribution >= 4 is 44.9 Å². The normalized spacial score (nSPS) is 22.1. The first-order valence-electron chi connectivity index (χ1n) is 12.3. The van der Waals surface area contributed by atoms with E-state index in [-0.39, 0.29) is 28.4 Å². The van der Waals surface area contributed by atoms with Crippen LogP contribution in [0, 0.1) is 5.41 Å². The summed E-state index contributed by atoms with van der Waals surface area (Å²) in [4.78, 5) is 40.6. The van der Waals surface area contributed by atoms with Crippen molar-refractivity contribution in [3.05, 3.63) is 106 Å². The fourth-order valence-electron chi connectivity index (χ4n) is 6.07. The molecule has 0 saturated carbocycles. The number of nitrogens with one attached hydrogen (secondary N) is 1. The summed E-state index contributed by atoms with van der Waals surface area (Å²) in [6, 6.07) is 20.7. The summed E-state index contributed by atoms with van der Waals surface area (Å²) >= 11 is 0. The lowest BCUT2D eigenvalue weighted by Crippen LogP contribution is -2.44. The molecule has 1 aliphatic carbocycles. The Morgan fingerprint density at radius 2 is 1.65 bits per heavy atom. The first kappa shape index (κ1) is 21.8. The van der Waals surface area contributed by atoms with Crippen LogP contribution in [-0.2, 0) is 19.7 Å². The van der Waals surface area contributed by atoms with Gasteiger partial charge in [0.2, 0.25) is 5.91 Å². The van der Waals surface area contributed by atoms with Crippen LogP contribution in [0.1, 0.15) is 37.8 Å². The third-order valence-corrected chi connectivity index (χ3v) is 7.68. The Bertz CT molecular complexity index is 1820. The van der Waals surface area contributed by atoms with E-state index in [1.807, 2.05) is 68.4 Å². The monoisotopic (exact) mass is 489 g/mol. The second-order valence-corrected chi connectivity index (χ2v) is 10.8. The molecule has 3 aromatic carbocycles. The van der Waals surface area contributed by atoms with Crippen LogP contribution in [0.4, 0.5) is 5.69 Å². The Hall–Kier alpha value is -4.45. The summed E-state index contributed by atoms with van der Waals surface area (Å²) in [5, 5.41) is 5.66. The summed E-state index contributed by atoms with van der Waals surface area (Å²) in [6.45, 7) is 4.00. The summed E-state index contributed by atoms with van der Waals surface area (Å²) in [7, 11) is 0. The van der Waals surface area contributed by atoms with Gasteiger partial charge in [-0.15, -0.1) is 0 Å². The van der Waals surface area contributed by atoms with Gasteiger partial charge in [0.25, 0.3) is 0 Å². The Labute approximate surface area is 212 Å². The molecule has 6 heteroatoms. The molecule has 1 atom stereocenters. The highest BCUT2D eigenvalue weighted by Gasteiger charge is 2.56. The number of carbonyl (C=O) groups is 2. The molecule has 1 unspecified atom stereocenters. The van der Waals surface area contributed by atoms with Crippen molar-refractivity contribution in [2.24, 2.45) is 5.41 Å². The Balaban J connectivity index is 1.52. The van der Waals surface area contributed by atoms with Crippen LogP contribution in [0.3, 0.4) is 0 Å². The predicted octanol–water partition coefficient (Wildman–Crippen LogP) is 5.85. The number of Topliss-reactive ketones (excluding diaryl/α,β-unsaturated/α-hetero) is 1. The van der Waals surface area contributed by atoms with E-state index in [1.165, 1.54) is 0 Å². The molecule has 182 valence electrons. The molecule has 0 bridgehead atoms. The summed E-state index contributed by atoms with van der Waals surface area (Å²) in [5.41, 5.74) is 0.0586. The van der Waals surface area contributed by atoms with Gasteiger partial charge in [0.15, 0.2) is 5.78 Å². The lowest BCUT2D eigenvalue weighted by atomic mass is 9.64. The van der Waals surface area contributed by atoms with Crippen LogP contribution in [0.25, 0.3) is 27.5 Å². The number of amides is 1. The molecule has 3 aliphatic rings. The third kappa shape index (κ3) is 3.02. The summed E-state index contributed by atoms with van der Waals surface area (Å²) in [6.07, 6.45) is 2.40. The van der Waals surface area contributed by atoms with Gasteiger partial charge in [0.1, 0.15) is 28.1 Å². The fourth-order valence-corrected chi connectivity index (χ4v) is 6.07. The number of para-hydroxylation sites is 1. The Morgan fingerprint density at radius 1 is 0.865 bits per heavy atom. The van der Waals surface area contributed by atoms with Gasteiger partial charge >= 0.3 is 5.63 Å². The van der Waals surface area contributed by atoms with Crippen LogP contribution in [-0.4, -0.2) is 11.7 Å². The van der Waals surface area contributed by atoms with E-state index >= 15 is 0 Å². The van der Waals surface area contributed by atoms with Gasteiger partial charge in [-0.05, 0) is 46.0 Å². The minimum Gasteiger partial charge on any atom is -0.461 e. The second-order valence-electron chi connectivity index (χ2n) is 10.8. The highest BCUT2D eigenvalue weighted by Crippen LogP contribution is 2.54. The summed E-state index contributed by atoms with van der Waals surface area (Å²) in [5.74, 6) is 0.207. The average Bonchev–Trinajstić information content (AvgIpc) is 3.13. The quantitative estimate of drug-likeness (QED) is 0.268. The number of fused-ring (bicyclic) bond motifs is 6. The van der Waals surface area contributed by atoms with E-state index in [9.17, 15) is 14.4 Å². The molecule has 1 amide bonds. The predicted molar refractivity (Wildman–Crippen MR) is 141 cm³/mol. The van der Waals surface area contributed by atoms with Crippen molar-refractivity contribution < 1.29 is 18.7 Å². The maximum absolute atomic E-state index is 13.7. The number of rotatable bonds is 1. The molecule has 0 saturated heterocycles. The van der Waals surface area contributed by atoms with Crippen molar-refractivity contribution in [2.45, 2.75) is 32.1 Å². The Morgan fingerprint density at radius 3 is 2.51 bits per heavy atom. The molecule has 0 radical (unpaired) electrons. The molecule has 6 nitrogen and oxygen atoms in total. The van der Waals surface area contributed by atoms with Gasteiger partial charge in [-0.25, -0.2) is 4.79 Å².